The van der Waals surface area contributed by atoms with Crippen LogP contribution in [0.1, 0.15) is 12.5 Å². The summed E-state index contributed by atoms with van der Waals surface area (Å²) in [5, 5.41) is 13.2. The van der Waals surface area contributed by atoms with Gasteiger partial charge in [-0.3, -0.25) is 0 Å². The zero-order valence-corrected chi connectivity index (χ0v) is 13.8. The molecule has 0 bridgehead atoms. The summed E-state index contributed by atoms with van der Waals surface area (Å²) in [5.74, 6) is 1.28. The van der Waals surface area contributed by atoms with Crippen LogP contribution in [0.5, 0.6) is 17.2 Å². The van der Waals surface area contributed by atoms with Crippen molar-refractivity contribution in [2.45, 2.75) is 13.5 Å². The number of hydrogen-bond acceptors (Lipinski definition) is 4. The Bertz CT molecular complexity index is 639. The molecule has 2 aromatic rings. The van der Waals surface area contributed by atoms with Crippen molar-refractivity contribution in [1.29, 1.82) is 0 Å². The topological polar surface area (TPSA) is 50.7 Å². The first-order valence-corrected chi connectivity index (χ1v) is 7.52. The van der Waals surface area contributed by atoms with Gasteiger partial charge in [0.25, 0.3) is 0 Å². The minimum absolute atomic E-state index is 0.114. The number of nitrogens with one attached hydrogen (secondary N) is 1. The first-order chi connectivity index (χ1) is 10.5. The molecular formula is C16H17Cl2NO3. The van der Waals surface area contributed by atoms with Crippen molar-refractivity contribution in [2.75, 3.05) is 19.0 Å². The molecule has 2 N–H and O–H groups in total. The standard InChI is InChI=1S/C16H17Cl2NO3/c1-3-22-15-6-10(4-5-14(15)21-2)9-19-11-7-12(17)16(20)13(18)8-11/h4-8,19-20H,3,9H2,1-2H3. The summed E-state index contributed by atoms with van der Waals surface area (Å²) in [6, 6.07) is 8.96. The molecule has 2 rings (SSSR count). The van der Waals surface area contributed by atoms with Crippen molar-refractivity contribution in [3.05, 3.63) is 45.9 Å². The number of benzene rings is 2. The molecule has 0 aromatic heterocycles. The largest absolute Gasteiger partial charge is 0.505 e. The first kappa shape index (κ1) is 16.6. The molecule has 4 nitrogen and oxygen atoms in total. The molecule has 6 heteroatoms. The zero-order valence-electron chi connectivity index (χ0n) is 12.3. The van der Waals surface area contributed by atoms with Crippen LogP contribution in [0.3, 0.4) is 0 Å². The minimum atomic E-state index is -0.114. The predicted molar refractivity (Wildman–Crippen MR) is 89.6 cm³/mol. The van der Waals surface area contributed by atoms with Gasteiger partial charge in [0.2, 0.25) is 0 Å². The van der Waals surface area contributed by atoms with Crippen molar-refractivity contribution in [3.8, 4) is 17.2 Å². The van der Waals surface area contributed by atoms with E-state index in [4.69, 9.17) is 32.7 Å². The van der Waals surface area contributed by atoms with E-state index < -0.39 is 0 Å². The van der Waals surface area contributed by atoms with Gasteiger partial charge < -0.3 is 19.9 Å². The quantitative estimate of drug-likeness (QED) is 0.746. The molecule has 22 heavy (non-hydrogen) atoms. The summed E-state index contributed by atoms with van der Waals surface area (Å²) < 4.78 is 10.8. The Morgan fingerprint density at radius 1 is 1.09 bits per heavy atom. The molecule has 0 amide bonds. The maximum atomic E-state index is 9.55. The molecule has 2 aromatic carbocycles. The lowest BCUT2D eigenvalue weighted by molar-refractivity contribution is 0.310. The second kappa shape index (κ2) is 7.47. The fraction of sp³-hybridized carbons (Fsp3) is 0.250. The summed E-state index contributed by atoms with van der Waals surface area (Å²) >= 11 is 11.8. The Labute approximate surface area is 139 Å². The number of aromatic hydroxyl groups is 1. The Kier molecular flexibility index (Phi) is 5.63. The van der Waals surface area contributed by atoms with E-state index in [9.17, 15) is 5.11 Å². The number of anilines is 1. The second-order valence-corrected chi connectivity index (χ2v) is 5.37. The zero-order chi connectivity index (χ0) is 16.1. The number of phenolic OH excluding ortho intramolecular Hbond substituents is 1. The summed E-state index contributed by atoms with van der Waals surface area (Å²) in [7, 11) is 1.61. The Balaban J connectivity index is 2.13. The third-order valence-corrected chi connectivity index (χ3v) is 3.62. The van der Waals surface area contributed by atoms with E-state index in [2.05, 4.69) is 5.32 Å². The van der Waals surface area contributed by atoms with Gasteiger partial charge in [0.05, 0.1) is 23.8 Å². The fourth-order valence-corrected chi connectivity index (χ4v) is 2.46. The van der Waals surface area contributed by atoms with Gasteiger partial charge in [-0.15, -0.1) is 0 Å². The van der Waals surface area contributed by atoms with E-state index in [0.29, 0.717) is 24.7 Å². The fourth-order valence-electron chi connectivity index (χ4n) is 1.97. The van der Waals surface area contributed by atoms with Crippen LogP contribution in [0.25, 0.3) is 0 Å². The predicted octanol–water partition coefficient (Wildman–Crippen LogP) is 4.72. The molecule has 0 heterocycles. The number of hydrogen-bond donors (Lipinski definition) is 2. The van der Waals surface area contributed by atoms with E-state index in [0.717, 1.165) is 11.3 Å². The van der Waals surface area contributed by atoms with Crippen LogP contribution in [-0.2, 0) is 6.54 Å². The molecule has 0 aliphatic rings. The molecule has 0 aliphatic heterocycles. The van der Waals surface area contributed by atoms with Gasteiger partial charge >= 0.3 is 0 Å². The van der Waals surface area contributed by atoms with Crippen molar-refractivity contribution in [3.63, 3.8) is 0 Å². The summed E-state index contributed by atoms with van der Waals surface area (Å²) in [6.07, 6.45) is 0. The van der Waals surface area contributed by atoms with E-state index in [1.165, 1.54) is 0 Å². The molecule has 0 fully saturated rings. The van der Waals surface area contributed by atoms with Gasteiger partial charge in [0.1, 0.15) is 0 Å². The van der Waals surface area contributed by atoms with Crippen molar-refractivity contribution in [1.82, 2.24) is 0 Å². The van der Waals surface area contributed by atoms with E-state index in [1.807, 2.05) is 25.1 Å². The first-order valence-electron chi connectivity index (χ1n) is 6.76. The Hall–Kier alpha value is -1.78. The molecular weight excluding hydrogens is 325 g/mol. The molecule has 0 saturated heterocycles. The molecule has 0 saturated carbocycles. The highest BCUT2D eigenvalue weighted by atomic mass is 35.5. The van der Waals surface area contributed by atoms with Crippen molar-refractivity contribution < 1.29 is 14.6 Å². The highest BCUT2D eigenvalue weighted by molar-refractivity contribution is 6.37. The molecule has 0 radical (unpaired) electrons. The van der Waals surface area contributed by atoms with Crippen LogP contribution in [0.2, 0.25) is 10.0 Å². The third kappa shape index (κ3) is 3.90. The van der Waals surface area contributed by atoms with Crippen molar-refractivity contribution in [2.24, 2.45) is 0 Å². The van der Waals surface area contributed by atoms with E-state index in [1.54, 1.807) is 19.2 Å². The molecule has 0 atom stereocenters. The molecule has 0 unspecified atom stereocenters. The lowest BCUT2D eigenvalue weighted by Crippen LogP contribution is -2.01. The highest BCUT2D eigenvalue weighted by Crippen LogP contribution is 2.35. The van der Waals surface area contributed by atoms with Crippen LogP contribution < -0.4 is 14.8 Å². The van der Waals surface area contributed by atoms with Crippen LogP contribution in [-0.4, -0.2) is 18.8 Å². The average molecular weight is 342 g/mol. The van der Waals surface area contributed by atoms with Crippen LogP contribution in [0.15, 0.2) is 30.3 Å². The molecule has 0 spiro atoms. The smallest absolute Gasteiger partial charge is 0.161 e. The van der Waals surface area contributed by atoms with E-state index >= 15 is 0 Å². The SMILES string of the molecule is CCOc1cc(CNc2cc(Cl)c(O)c(Cl)c2)ccc1OC. The van der Waals surface area contributed by atoms with Crippen LogP contribution >= 0.6 is 23.2 Å². The third-order valence-electron chi connectivity index (χ3n) is 3.04. The minimum Gasteiger partial charge on any atom is -0.505 e. The Morgan fingerprint density at radius 2 is 1.77 bits per heavy atom. The number of ether oxygens (including phenoxy) is 2. The highest BCUT2D eigenvalue weighted by Gasteiger charge is 2.08. The van der Waals surface area contributed by atoms with Gasteiger partial charge in [-0.25, -0.2) is 0 Å². The molecule has 0 aliphatic carbocycles. The van der Waals surface area contributed by atoms with Gasteiger partial charge in [-0.2, -0.15) is 0 Å². The van der Waals surface area contributed by atoms with Gasteiger partial charge in [-0.1, -0.05) is 29.3 Å². The van der Waals surface area contributed by atoms with Crippen molar-refractivity contribution >= 4 is 28.9 Å². The number of methoxy groups -OCH3 is 1. The summed E-state index contributed by atoms with van der Waals surface area (Å²) in [6.45, 7) is 3.04. The maximum absolute atomic E-state index is 9.55. The lowest BCUT2D eigenvalue weighted by Gasteiger charge is -2.13. The second-order valence-electron chi connectivity index (χ2n) is 4.56. The number of halogens is 2. The van der Waals surface area contributed by atoms with E-state index in [-0.39, 0.29) is 15.8 Å². The number of phenols is 1. The van der Waals surface area contributed by atoms with Gasteiger partial charge in [-0.05, 0) is 36.8 Å². The summed E-state index contributed by atoms with van der Waals surface area (Å²) in [4.78, 5) is 0. The monoisotopic (exact) mass is 341 g/mol. The normalized spacial score (nSPS) is 10.4. The number of rotatable bonds is 6. The summed E-state index contributed by atoms with van der Waals surface area (Å²) in [5.41, 5.74) is 1.74. The maximum Gasteiger partial charge on any atom is 0.161 e. The Morgan fingerprint density at radius 3 is 2.36 bits per heavy atom. The average Bonchev–Trinajstić information content (AvgIpc) is 2.51. The van der Waals surface area contributed by atoms with Crippen LogP contribution in [0.4, 0.5) is 5.69 Å². The van der Waals surface area contributed by atoms with Gasteiger partial charge in [0.15, 0.2) is 17.2 Å². The van der Waals surface area contributed by atoms with Crippen LogP contribution in [0, 0.1) is 0 Å². The lowest BCUT2D eigenvalue weighted by atomic mass is 10.2. The molecule has 118 valence electrons. The van der Waals surface area contributed by atoms with Gasteiger partial charge in [0, 0.05) is 12.2 Å².